The molecule has 0 fully saturated rings. The second-order valence-electron chi connectivity index (χ2n) is 6.39. The van der Waals surface area contributed by atoms with Crippen molar-refractivity contribution in [3.8, 4) is 11.1 Å². The average molecular weight is 391 g/mol. The summed E-state index contributed by atoms with van der Waals surface area (Å²) < 4.78 is 13.1. The molecule has 2 aromatic carbocycles. The van der Waals surface area contributed by atoms with E-state index >= 15 is 0 Å². The number of rotatable bonds is 7. The van der Waals surface area contributed by atoms with E-state index in [2.05, 4.69) is 10.3 Å². The van der Waals surface area contributed by atoms with E-state index in [4.69, 9.17) is 11.5 Å². The smallest absolute Gasteiger partial charge is 0.267 e. The minimum absolute atomic E-state index is 0. The Morgan fingerprint density at radius 2 is 1.81 bits per heavy atom. The SMILES string of the molecule is Cl.NCCCC(N)CNC(=O)c1cc2ccc(-c3ccc(F)cc3)cc2[nH]1. The van der Waals surface area contributed by atoms with E-state index < -0.39 is 0 Å². The number of fused-ring (bicyclic) bond motifs is 1. The minimum Gasteiger partial charge on any atom is -0.351 e. The molecule has 0 bridgehead atoms. The third-order valence-corrected chi connectivity index (χ3v) is 4.35. The van der Waals surface area contributed by atoms with Crippen LogP contribution in [0.3, 0.4) is 0 Å². The monoisotopic (exact) mass is 390 g/mol. The second-order valence-corrected chi connectivity index (χ2v) is 6.39. The zero-order valence-electron chi connectivity index (χ0n) is 14.9. The van der Waals surface area contributed by atoms with Gasteiger partial charge in [-0.3, -0.25) is 4.79 Å². The lowest BCUT2D eigenvalue weighted by molar-refractivity contribution is 0.0946. The maximum Gasteiger partial charge on any atom is 0.267 e. The van der Waals surface area contributed by atoms with Crippen LogP contribution in [-0.4, -0.2) is 30.0 Å². The Morgan fingerprint density at radius 3 is 2.52 bits per heavy atom. The van der Waals surface area contributed by atoms with E-state index in [1.54, 1.807) is 12.1 Å². The molecule has 0 radical (unpaired) electrons. The Hall–Kier alpha value is -2.41. The van der Waals surface area contributed by atoms with E-state index in [0.29, 0.717) is 18.8 Å². The molecule has 3 rings (SSSR count). The largest absolute Gasteiger partial charge is 0.351 e. The molecule has 1 amide bonds. The van der Waals surface area contributed by atoms with E-state index in [0.717, 1.165) is 34.9 Å². The van der Waals surface area contributed by atoms with Gasteiger partial charge in [0.25, 0.3) is 5.91 Å². The van der Waals surface area contributed by atoms with Crippen LogP contribution in [0.5, 0.6) is 0 Å². The third kappa shape index (κ3) is 5.29. The van der Waals surface area contributed by atoms with Gasteiger partial charge in [0, 0.05) is 23.5 Å². The summed E-state index contributed by atoms with van der Waals surface area (Å²) in [5.41, 5.74) is 14.6. The highest BCUT2D eigenvalue weighted by atomic mass is 35.5. The number of aromatic nitrogens is 1. The lowest BCUT2D eigenvalue weighted by Gasteiger charge is -2.11. The number of carbonyl (C=O) groups excluding carboxylic acids is 1. The molecule has 6 N–H and O–H groups in total. The van der Waals surface area contributed by atoms with Crippen LogP contribution in [0.4, 0.5) is 4.39 Å². The first-order chi connectivity index (χ1) is 12.6. The minimum atomic E-state index is -0.265. The maximum absolute atomic E-state index is 13.1. The average Bonchev–Trinajstić information content (AvgIpc) is 3.08. The summed E-state index contributed by atoms with van der Waals surface area (Å²) >= 11 is 0. The molecule has 0 spiro atoms. The molecule has 1 aromatic heterocycles. The van der Waals surface area contributed by atoms with E-state index in [9.17, 15) is 9.18 Å². The Morgan fingerprint density at radius 1 is 1.11 bits per heavy atom. The van der Waals surface area contributed by atoms with Gasteiger partial charge in [0.1, 0.15) is 11.5 Å². The van der Waals surface area contributed by atoms with Crippen LogP contribution in [0.25, 0.3) is 22.0 Å². The van der Waals surface area contributed by atoms with Crippen molar-refractivity contribution in [1.82, 2.24) is 10.3 Å². The highest BCUT2D eigenvalue weighted by Crippen LogP contribution is 2.25. The van der Waals surface area contributed by atoms with Gasteiger partial charge < -0.3 is 21.8 Å². The first-order valence-corrected chi connectivity index (χ1v) is 8.69. The zero-order valence-corrected chi connectivity index (χ0v) is 15.7. The van der Waals surface area contributed by atoms with Gasteiger partial charge in [-0.15, -0.1) is 12.4 Å². The summed E-state index contributed by atoms with van der Waals surface area (Å²) in [6, 6.07) is 13.9. The van der Waals surface area contributed by atoms with Crippen molar-refractivity contribution in [1.29, 1.82) is 0 Å². The summed E-state index contributed by atoms with van der Waals surface area (Å²) in [5.74, 6) is -0.453. The number of nitrogens with one attached hydrogen (secondary N) is 2. The number of hydrogen-bond acceptors (Lipinski definition) is 3. The molecule has 1 heterocycles. The number of hydrogen-bond donors (Lipinski definition) is 4. The van der Waals surface area contributed by atoms with Gasteiger partial charge in [-0.2, -0.15) is 0 Å². The van der Waals surface area contributed by atoms with E-state index in [-0.39, 0.29) is 30.2 Å². The fourth-order valence-corrected chi connectivity index (χ4v) is 2.87. The number of H-pyrrole nitrogens is 1. The normalized spacial score (nSPS) is 11.8. The Balaban J connectivity index is 0.00000261. The standard InChI is InChI=1S/C20H23FN4O.ClH/c21-16-7-5-13(6-8-16)14-3-4-15-11-19(25-18(15)10-14)20(26)24-12-17(23)2-1-9-22;/h3-8,10-11,17,25H,1-2,9,12,22-23H2,(H,24,26);1H. The molecule has 7 heteroatoms. The second kappa shape index (κ2) is 9.50. The fourth-order valence-electron chi connectivity index (χ4n) is 2.87. The molecule has 0 aliphatic rings. The summed E-state index contributed by atoms with van der Waals surface area (Å²) in [6.07, 6.45) is 1.63. The molecular weight excluding hydrogens is 367 g/mol. The highest BCUT2D eigenvalue weighted by Gasteiger charge is 2.11. The summed E-state index contributed by atoms with van der Waals surface area (Å²) in [7, 11) is 0. The molecule has 3 aromatic rings. The Labute approximate surface area is 163 Å². The van der Waals surface area contributed by atoms with Crippen LogP contribution in [0.1, 0.15) is 23.3 Å². The first kappa shape index (κ1) is 20.9. The van der Waals surface area contributed by atoms with Gasteiger partial charge >= 0.3 is 0 Å². The first-order valence-electron chi connectivity index (χ1n) is 8.69. The van der Waals surface area contributed by atoms with Crippen molar-refractivity contribution in [3.05, 3.63) is 60.0 Å². The molecular formula is C20H24ClFN4O. The third-order valence-electron chi connectivity index (χ3n) is 4.35. The molecule has 27 heavy (non-hydrogen) atoms. The summed E-state index contributed by atoms with van der Waals surface area (Å²) in [5, 5.41) is 3.78. The van der Waals surface area contributed by atoms with Gasteiger partial charge in [0.15, 0.2) is 0 Å². The molecule has 0 aliphatic carbocycles. The van der Waals surface area contributed by atoms with E-state index in [1.165, 1.54) is 12.1 Å². The molecule has 1 atom stereocenters. The number of carbonyl (C=O) groups is 1. The predicted molar refractivity (Wildman–Crippen MR) is 110 cm³/mol. The molecule has 1 unspecified atom stereocenters. The predicted octanol–water partition coefficient (Wildman–Crippen LogP) is 3.19. The van der Waals surface area contributed by atoms with Crippen LogP contribution in [0.15, 0.2) is 48.5 Å². The fraction of sp³-hybridized carbons (Fsp3) is 0.250. The Kier molecular flexibility index (Phi) is 7.36. The van der Waals surface area contributed by atoms with Crippen LogP contribution in [-0.2, 0) is 0 Å². The lowest BCUT2D eigenvalue weighted by Crippen LogP contribution is -2.37. The summed E-state index contributed by atoms with van der Waals surface area (Å²) in [4.78, 5) is 15.5. The van der Waals surface area contributed by atoms with Crippen molar-refractivity contribution in [2.75, 3.05) is 13.1 Å². The highest BCUT2D eigenvalue weighted by molar-refractivity contribution is 5.98. The van der Waals surface area contributed by atoms with Crippen LogP contribution < -0.4 is 16.8 Å². The van der Waals surface area contributed by atoms with Gasteiger partial charge in [-0.1, -0.05) is 24.3 Å². The molecule has 5 nitrogen and oxygen atoms in total. The number of benzene rings is 2. The lowest BCUT2D eigenvalue weighted by atomic mass is 10.0. The van der Waals surface area contributed by atoms with Crippen LogP contribution in [0.2, 0.25) is 0 Å². The van der Waals surface area contributed by atoms with Gasteiger partial charge in [-0.25, -0.2) is 4.39 Å². The maximum atomic E-state index is 13.1. The van der Waals surface area contributed by atoms with Gasteiger partial charge in [0.05, 0.1) is 0 Å². The Bertz CT molecular complexity index is 895. The van der Waals surface area contributed by atoms with Crippen molar-refractivity contribution in [2.45, 2.75) is 18.9 Å². The molecule has 0 saturated heterocycles. The quantitative estimate of drug-likeness (QED) is 0.498. The van der Waals surface area contributed by atoms with Crippen molar-refractivity contribution >= 4 is 29.2 Å². The van der Waals surface area contributed by atoms with Crippen molar-refractivity contribution < 1.29 is 9.18 Å². The topological polar surface area (TPSA) is 96.9 Å². The zero-order chi connectivity index (χ0) is 18.5. The van der Waals surface area contributed by atoms with Gasteiger partial charge in [0.2, 0.25) is 0 Å². The molecule has 0 saturated carbocycles. The number of amides is 1. The van der Waals surface area contributed by atoms with Crippen molar-refractivity contribution in [2.24, 2.45) is 11.5 Å². The summed E-state index contributed by atoms with van der Waals surface area (Å²) in [6.45, 7) is 1.01. The van der Waals surface area contributed by atoms with Crippen LogP contribution >= 0.6 is 12.4 Å². The van der Waals surface area contributed by atoms with Gasteiger partial charge in [-0.05, 0) is 54.8 Å². The molecule has 144 valence electrons. The number of nitrogens with two attached hydrogens (primary N) is 2. The molecule has 0 aliphatic heterocycles. The number of aromatic amines is 1. The van der Waals surface area contributed by atoms with E-state index in [1.807, 2.05) is 24.3 Å². The number of halogens is 2. The van der Waals surface area contributed by atoms with Crippen LogP contribution in [0, 0.1) is 5.82 Å². The van der Waals surface area contributed by atoms with Crippen molar-refractivity contribution in [3.63, 3.8) is 0 Å².